The second-order valence-corrected chi connectivity index (χ2v) is 7.08. The quantitative estimate of drug-likeness (QED) is 0.281. The molecule has 132 valence electrons. The van der Waals surface area contributed by atoms with Crippen molar-refractivity contribution in [3.8, 4) is 0 Å². The zero-order valence-corrected chi connectivity index (χ0v) is 15.5. The first-order valence-electron chi connectivity index (χ1n) is 8.44. The third kappa shape index (κ3) is 5.16. The largest absolute Gasteiger partial charge is 0.469 e. The van der Waals surface area contributed by atoms with Crippen LogP contribution in [0.4, 0.5) is 0 Å². The molecular formula is C18H27N3O2S. The molecule has 0 amide bonds. The van der Waals surface area contributed by atoms with E-state index in [4.69, 9.17) is 9.73 Å². The number of methoxy groups -OCH3 is 1. The van der Waals surface area contributed by atoms with E-state index in [0.717, 1.165) is 31.3 Å². The fourth-order valence-electron chi connectivity index (χ4n) is 2.86. The molecule has 1 N–H and O–H groups in total. The van der Waals surface area contributed by atoms with Crippen LogP contribution in [0, 0.1) is 11.8 Å². The number of nitrogens with zero attached hydrogens (tertiary/aromatic N) is 2. The third-order valence-electron chi connectivity index (χ3n) is 4.12. The molecule has 1 heterocycles. The van der Waals surface area contributed by atoms with Gasteiger partial charge in [-0.3, -0.25) is 9.79 Å². The highest BCUT2D eigenvalue weighted by Crippen LogP contribution is 2.24. The molecule has 6 heteroatoms. The Bertz CT molecular complexity index is 550. The van der Waals surface area contributed by atoms with Gasteiger partial charge in [0.25, 0.3) is 0 Å². The molecule has 24 heavy (non-hydrogen) atoms. The summed E-state index contributed by atoms with van der Waals surface area (Å²) < 4.78 is 4.91. The third-order valence-corrected chi connectivity index (χ3v) is 5.11. The normalized spacial score (nSPS) is 21.0. The lowest BCUT2D eigenvalue weighted by molar-refractivity contribution is -0.145. The van der Waals surface area contributed by atoms with Crippen LogP contribution in [-0.4, -0.2) is 55.9 Å². The van der Waals surface area contributed by atoms with Crippen molar-refractivity contribution in [1.29, 1.82) is 0 Å². The minimum Gasteiger partial charge on any atom is -0.469 e. The molecule has 1 aromatic carbocycles. The standard InChI is InChI=1S/C18H27N3O2S/c1-4-19-18(20-10-11-24-15-8-6-5-7-9-15)21-12-14(2)16(13-21)17(22)23-3/h5-9,14,16H,4,10-13H2,1-3H3,(H,19,20). The number of esters is 1. The fraction of sp³-hybridized carbons (Fsp3) is 0.556. The van der Waals surface area contributed by atoms with Gasteiger partial charge in [0, 0.05) is 30.3 Å². The monoisotopic (exact) mass is 349 g/mol. The molecule has 0 radical (unpaired) electrons. The smallest absolute Gasteiger partial charge is 0.310 e. The van der Waals surface area contributed by atoms with Crippen molar-refractivity contribution in [3.05, 3.63) is 30.3 Å². The van der Waals surface area contributed by atoms with Crippen LogP contribution in [0.2, 0.25) is 0 Å². The first kappa shape index (κ1) is 18.6. The van der Waals surface area contributed by atoms with Gasteiger partial charge in [0.1, 0.15) is 0 Å². The Kier molecular flexibility index (Phi) is 7.43. The van der Waals surface area contributed by atoms with Gasteiger partial charge >= 0.3 is 5.97 Å². The maximum atomic E-state index is 11.9. The van der Waals surface area contributed by atoms with E-state index in [-0.39, 0.29) is 17.8 Å². The van der Waals surface area contributed by atoms with E-state index in [0.29, 0.717) is 6.54 Å². The van der Waals surface area contributed by atoms with Crippen molar-refractivity contribution >= 4 is 23.7 Å². The lowest BCUT2D eigenvalue weighted by Crippen LogP contribution is -2.40. The lowest BCUT2D eigenvalue weighted by atomic mass is 9.99. The van der Waals surface area contributed by atoms with Gasteiger partial charge in [-0.15, -0.1) is 11.8 Å². The zero-order valence-electron chi connectivity index (χ0n) is 14.7. The first-order valence-corrected chi connectivity index (χ1v) is 9.43. The molecule has 0 saturated carbocycles. The number of ether oxygens (including phenoxy) is 1. The molecule has 0 aromatic heterocycles. The highest BCUT2D eigenvalue weighted by molar-refractivity contribution is 7.99. The summed E-state index contributed by atoms with van der Waals surface area (Å²) in [6, 6.07) is 10.4. The molecule has 0 aliphatic carbocycles. The van der Waals surface area contributed by atoms with E-state index in [2.05, 4.69) is 36.2 Å². The van der Waals surface area contributed by atoms with Crippen molar-refractivity contribution in [2.45, 2.75) is 18.7 Å². The number of rotatable bonds is 6. The summed E-state index contributed by atoms with van der Waals surface area (Å²) in [4.78, 5) is 20.0. The Morgan fingerprint density at radius 2 is 2.12 bits per heavy atom. The van der Waals surface area contributed by atoms with E-state index >= 15 is 0 Å². The minimum atomic E-state index is -0.125. The van der Waals surface area contributed by atoms with Crippen LogP contribution in [0.25, 0.3) is 0 Å². The molecule has 2 atom stereocenters. The minimum absolute atomic E-state index is 0.0717. The Morgan fingerprint density at radius 1 is 1.38 bits per heavy atom. The summed E-state index contributed by atoms with van der Waals surface area (Å²) in [6.07, 6.45) is 0. The van der Waals surface area contributed by atoms with Gasteiger partial charge in [0.2, 0.25) is 0 Å². The number of likely N-dealkylation sites (tertiary alicyclic amines) is 1. The van der Waals surface area contributed by atoms with Gasteiger partial charge in [-0.2, -0.15) is 0 Å². The number of aliphatic imine (C=N–C) groups is 1. The molecule has 1 fully saturated rings. The molecule has 1 saturated heterocycles. The Balaban J connectivity index is 1.90. The number of nitrogens with one attached hydrogen (secondary N) is 1. The molecule has 1 aliphatic rings. The van der Waals surface area contributed by atoms with Crippen molar-refractivity contribution in [2.75, 3.05) is 39.0 Å². The predicted octanol–water partition coefficient (Wildman–Crippen LogP) is 2.49. The Labute approximate surface area is 148 Å². The van der Waals surface area contributed by atoms with Crippen LogP contribution in [0.3, 0.4) is 0 Å². The fourth-order valence-corrected chi connectivity index (χ4v) is 3.62. The summed E-state index contributed by atoms with van der Waals surface area (Å²) in [5.41, 5.74) is 0. The van der Waals surface area contributed by atoms with E-state index in [9.17, 15) is 4.79 Å². The van der Waals surface area contributed by atoms with Crippen LogP contribution in [0.5, 0.6) is 0 Å². The van der Waals surface area contributed by atoms with E-state index < -0.39 is 0 Å². The number of guanidine groups is 1. The topological polar surface area (TPSA) is 53.9 Å². The van der Waals surface area contributed by atoms with Crippen LogP contribution >= 0.6 is 11.8 Å². The van der Waals surface area contributed by atoms with Gasteiger partial charge in [0.15, 0.2) is 5.96 Å². The molecule has 1 aliphatic heterocycles. The average molecular weight is 350 g/mol. The zero-order chi connectivity index (χ0) is 17.4. The highest BCUT2D eigenvalue weighted by atomic mass is 32.2. The van der Waals surface area contributed by atoms with Gasteiger partial charge < -0.3 is 15.0 Å². The maximum absolute atomic E-state index is 11.9. The number of carbonyl (C=O) groups excluding carboxylic acids is 1. The van der Waals surface area contributed by atoms with Crippen LogP contribution in [-0.2, 0) is 9.53 Å². The van der Waals surface area contributed by atoms with E-state index in [1.165, 1.54) is 12.0 Å². The van der Waals surface area contributed by atoms with Crippen LogP contribution in [0.15, 0.2) is 40.2 Å². The van der Waals surface area contributed by atoms with Gasteiger partial charge in [0.05, 0.1) is 19.6 Å². The second kappa shape index (κ2) is 9.57. The van der Waals surface area contributed by atoms with Crippen LogP contribution in [0.1, 0.15) is 13.8 Å². The summed E-state index contributed by atoms with van der Waals surface area (Å²) in [7, 11) is 1.46. The Hall–Kier alpha value is -1.69. The average Bonchev–Trinajstić information content (AvgIpc) is 2.99. The molecule has 0 bridgehead atoms. The summed E-state index contributed by atoms with van der Waals surface area (Å²) in [5.74, 6) is 1.91. The molecule has 2 rings (SSSR count). The van der Waals surface area contributed by atoms with E-state index in [1.807, 2.05) is 18.2 Å². The lowest BCUT2D eigenvalue weighted by Gasteiger charge is -2.21. The SMILES string of the molecule is CCNC(=NCCSc1ccccc1)N1CC(C)C(C(=O)OC)C1. The van der Waals surface area contributed by atoms with Crippen LogP contribution < -0.4 is 5.32 Å². The summed E-state index contributed by atoms with van der Waals surface area (Å²) in [6.45, 7) is 7.22. The number of hydrogen-bond donors (Lipinski definition) is 1. The molecule has 5 nitrogen and oxygen atoms in total. The van der Waals surface area contributed by atoms with Gasteiger partial charge in [-0.25, -0.2) is 0 Å². The molecule has 2 unspecified atom stereocenters. The van der Waals surface area contributed by atoms with Gasteiger partial charge in [-0.05, 0) is 25.0 Å². The molecular weight excluding hydrogens is 322 g/mol. The number of benzene rings is 1. The van der Waals surface area contributed by atoms with Crippen molar-refractivity contribution in [1.82, 2.24) is 10.2 Å². The summed E-state index contributed by atoms with van der Waals surface area (Å²) in [5, 5.41) is 3.34. The second-order valence-electron chi connectivity index (χ2n) is 5.91. The number of carbonyl (C=O) groups is 1. The number of hydrogen-bond acceptors (Lipinski definition) is 4. The van der Waals surface area contributed by atoms with Gasteiger partial charge in [-0.1, -0.05) is 25.1 Å². The first-order chi connectivity index (χ1) is 11.7. The molecule has 0 spiro atoms. The van der Waals surface area contributed by atoms with Crippen molar-refractivity contribution in [2.24, 2.45) is 16.8 Å². The maximum Gasteiger partial charge on any atom is 0.310 e. The highest BCUT2D eigenvalue weighted by Gasteiger charge is 2.36. The summed E-state index contributed by atoms with van der Waals surface area (Å²) >= 11 is 1.81. The van der Waals surface area contributed by atoms with Crippen molar-refractivity contribution < 1.29 is 9.53 Å². The number of thioether (sulfide) groups is 1. The molecule has 1 aromatic rings. The Morgan fingerprint density at radius 3 is 2.79 bits per heavy atom. The van der Waals surface area contributed by atoms with E-state index in [1.54, 1.807) is 11.8 Å². The van der Waals surface area contributed by atoms with Crippen molar-refractivity contribution in [3.63, 3.8) is 0 Å². The predicted molar refractivity (Wildman–Crippen MR) is 99.4 cm³/mol.